The summed E-state index contributed by atoms with van der Waals surface area (Å²) in [4.78, 5) is 22.9. The molecule has 6 nitrogen and oxygen atoms in total. The van der Waals surface area contributed by atoms with Crippen LogP contribution in [-0.2, 0) is 4.79 Å². The van der Waals surface area contributed by atoms with E-state index in [2.05, 4.69) is 36.1 Å². The molecule has 128 valence electrons. The fraction of sp³-hybridized carbons (Fsp3) is 0.294. The van der Waals surface area contributed by atoms with Gasteiger partial charge in [0.1, 0.15) is 17.7 Å². The highest BCUT2D eigenvalue weighted by Crippen LogP contribution is 2.25. The minimum atomic E-state index is -0.0653. The van der Waals surface area contributed by atoms with Crippen molar-refractivity contribution in [2.24, 2.45) is 5.92 Å². The van der Waals surface area contributed by atoms with Crippen LogP contribution in [0.25, 0.3) is 0 Å². The van der Waals surface area contributed by atoms with Crippen molar-refractivity contribution in [3.05, 3.63) is 45.7 Å². The first-order valence-electron chi connectivity index (χ1n) is 7.81. The molecule has 0 bridgehead atoms. The molecule has 1 fully saturated rings. The number of hydrogen-bond donors (Lipinski definition) is 1. The molecule has 0 saturated carbocycles. The topological polar surface area (TPSA) is 81.9 Å². The predicted molar refractivity (Wildman–Crippen MR) is 99.5 cm³/mol. The standard InChI is InChI=1S/C17H15BrClN5O/c18-12-1-3-15(21-10-12)23-17(25)11-5-7-24(8-6-11)16-4-2-13(19)14(9-20)22-16/h1-4,10-11H,5-8H2,(H,21,23,25). The van der Waals surface area contributed by atoms with E-state index in [0.717, 1.165) is 10.3 Å². The van der Waals surface area contributed by atoms with Crippen molar-refractivity contribution in [2.45, 2.75) is 12.8 Å². The first-order chi connectivity index (χ1) is 12.1. The summed E-state index contributed by atoms with van der Waals surface area (Å²) in [5.41, 5.74) is 0.223. The van der Waals surface area contributed by atoms with E-state index in [0.29, 0.717) is 36.8 Å². The summed E-state index contributed by atoms with van der Waals surface area (Å²) in [6, 6.07) is 9.07. The number of nitriles is 1. The van der Waals surface area contributed by atoms with E-state index in [1.54, 1.807) is 24.4 Å². The highest BCUT2D eigenvalue weighted by atomic mass is 79.9. The number of aromatic nitrogens is 2. The summed E-state index contributed by atoms with van der Waals surface area (Å²) in [5, 5.41) is 12.2. The first kappa shape index (κ1) is 17.6. The third kappa shape index (κ3) is 4.27. The number of nitrogens with zero attached hydrogens (tertiary/aromatic N) is 4. The van der Waals surface area contributed by atoms with Gasteiger partial charge < -0.3 is 10.2 Å². The van der Waals surface area contributed by atoms with Gasteiger partial charge in [-0.15, -0.1) is 0 Å². The zero-order valence-corrected chi connectivity index (χ0v) is 15.6. The number of amides is 1. The van der Waals surface area contributed by atoms with Crippen molar-refractivity contribution in [1.29, 1.82) is 5.26 Å². The van der Waals surface area contributed by atoms with E-state index in [1.807, 2.05) is 12.1 Å². The number of rotatable bonds is 3. The van der Waals surface area contributed by atoms with Gasteiger partial charge in [-0.1, -0.05) is 11.6 Å². The summed E-state index contributed by atoms with van der Waals surface area (Å²) < 4.78 is 0.867. The molecule has 0 radical (unpaired) electrons. The Morgan fingerprint density at radius 2 is 2.08 bits per heavy atom. The molecule has 1 aliphatic rings. The lowest BCUT2D eigenvalue weighted by Gasteiger charge is -2.32. The normalized spacial score (nSPS) is 14.8. The minimum absolute atomic E-state index is 0.0174. The molecule has 0 aromatic carbocycles. The largest absolute Gasteiger partial charge is 0.357 e. The zero-order valence-electron chi connectivity index (χ0n) is 13.2. The molecule has 1 amide bonds. The molecule has 0 spiro atoms. The van der Waals surface area contributed by atoms with Crippen LogP contribution in [0.2, 0.25) is 5.02 Å². The number of hydrogen-bond acceptors (Lipinski definition) is 5. The van der Waals surface area contributed by atoms with Crippen molar-refractivity contribution >= 4 is 45.1 Å². The van der Waals surface area contributed by atoms with Crippen LogP contribution in [0.3, 0.4) is 0 Å². The van der Waals surface area contributed by atoms with E-state index in [4.69, 9.17) is 16.9 Å². The van der Waals surface area contributed by atoms with Crippen molar-refractivity contribution in [2.75, 3.05) is 23.3 Å². The molecule has 1 aliphatic heterocycles. The van der Waals surface area contributed by atoms with Crippen LogP contribution in [0.4, 0.5) is 11.6 Å². The quantitative estimate of drug-likeness (QED) is 0.820. The van der Waals surface area contributed by atoms with Gasteiger partial charge in [0.05, 0.1) is 5.02 Å². The Bertz CT molecular complexity index is 813. The van der Waals surface area contributed by atoms with Gasteiger partial charge in [0.2, 0.25) is 5.91 Å². The second-order valence-electron chi connectivity index (χ2n) is 5.72. The highest BCUT2D eigenvalue weighted by molar-refractivity contribution is 9.10. The summed E-state index contributed by atoms with van der Waals surface area (Å²) in [5.74, 6) is 1.18. The molecule has 2 aromatic rings. The summed E-state index contributed by atoms with van der Waals surface area (Å²) in [6.07, 6.45) is 3.08. The van der Waals surface area contributed by atoms with Gasteiger partial charge in [-0.25, -0.2) is 9.97 Å². The van der Waals surface area contributed by atoms with Crippen LogP contribution in [0.1, 0.15) is 18.5 Å². The van der Waals surface area contributed by atoms with Crippen LogP contribution in [-0.4, -0.2) is 29.0 Å². The van der Waals surface area contributed by atoms with Crippen molar-refractivity contribution in [3.8, 4) is 6.07 Å². The second kappa shape index (κ2) is 7.81. The highest BCUT2D eigenvalue weighted by Gasteiger charge is 2.26. The number of piperidine rings is 1. The van der Waals surface area contributed by atoms with Crippen LogP contribution < -0.4 is 10.2 Å². The van der Waals surface area contributed by atoms with Crippen LogP contribution in [0.5, 0.6) is 0 Å². The SMILES string of the molecule is N#Cc1nc(N2CCC(C(=O)Nc3ccc(Br)cn3)CC2)ccc1Cl. The second-order valence-corrected chi connectivity index (χ2v) is 7.05. The van der Waals surface area contributed by atoms with Crippen molar-refractivity contribution in [1.82, 2.24) is 9.97 Å². The van der Waals surface area contributed by atoms with Crippen molar-refractivity contribution in [3.63, 3.8) is 0 Å². The maximum absolute atomic E-state index is 12.4. The number of carbonyl (C=O) groups is 1. The Morgan fingerprint density at radius 3 is 2.72 bits per heavy atom. The number of pyridine rings is 2. The molecule has 1 saturated heterocycles. The molecule has 0 atom stereocenters. The fourth-order valence-electron chi connectivity index (χ4n) is 2.74. The molecule has 8 heteroatoms. The molecular weight excluding hydrogens is 406 g/mol. The maximum Gasteiger partial charge on any atom is 0.228 e. The van der Waals surface area contributed by atoms with Gasteiger partial charge in [0.15, 0.2) is 5.69 Å². The van der Waals surface area contributed by atoms with E-state index in [1.165, 1.54) is 0 Å². The summed E-state index contributed by atoms with van der Waals surface area (Å²) >= 11 is 9.24. The fourth-order valence-corrected chi connectivity index (χ4v) is 3.12. The number of halogens is 2. The first-order valence-corrected chi connectivity index (χ1v) is 8.98. The Morgan fingerprint density at radius 1 is 1.32 bits per heavy atom. The third-order valence-electron chi connectivity index (χ3n) is 4.11. The minimum Gasteiger partial charge on any atom is -0.357 e. The molecule has 0 aliphatic carbocycles. The van der Waals surface area contributed by atoms with Gasteiger partial charge in [0.25, 0.3) is 0 Å². The van der Waals surface area contributed by atoms with E-state index in [-0.39, 0.29) is 17.5 Å². The Labute approximate surface area is 159 Å². The van der Waals surface area contributed by atoms with E-state index >= 15 is 0 Å². The Balaban J connectivity index is 1.59. The van der Waals surface area contributed by atoms with Gasteiger partial charge in [-0.3, -0.25) is 4.79 Å². The lowest BCUT2D eigenvalue weighted by Crippen LogP contribution is -2.38. The molecule has 3 heterocycles. The van der Waals surface area contributed by atoms with Gasteiger partial charge in [-0.2, -0.15) is 5.26 Å². The van der Waals surface area contributed by atoms with Crippen LogP contribution in [0.15, 0.2) is 34.9 Å². The zero-order chi connectivity index (χ0) is 17.8. The van der Waals surface area contributed by atoms with Gasteiger partial charge >= 0.3 is 0 Å². The van der Waals surface area contributed by atoms with Gasteiger partial charge in [0, 0.05) is 29.7 Å². The molecular formula is C17H15BrClN5O. The van der Waals surface area contributed by atoms with Gasteiger partial charge in [-0.05, 0) is 53.0 Å². The summed E-state index contributed by atoms with van der Waals surface area (Å²) in [6.45, 7) is 1.40. The predicted octanol–water partition coefficient (Wildman–Crippen LogP) is 3.62. The molecule has 2 aromatic heterocycles. The molecule has 0 unspecified atom stereocenters. The lowest BCUT2D eigenvalue weighted by atomic mass is 9.96. The molecule has 25 heavy (non-hydrogen) atoms. The Hall–Kier alpha value is -2.17. The monoisotopic (exact) mass is 419 g/mol. The van der Waals surface area contributed by atoms with Crippen molar-refractivity contribution < 1.29 is 4.79 Å². The average Bonchev–Trinajstić information content (AvgIpc) is 2.64. The summed E-state index contributed by atoms with van der Waals surface area (Å²) in [7, 11) is 0. The van der Waals surface area contributed by atoms with Crippen LogP contribution >= 0.6 is 27.5 Å². The third-order valence-corrected chi connectivity index (χ3v) is 4.88. The number of carbonyl (C=O) groups excluding carboxylic acids is 1. The van der Waals surface area contributed by atoms with E-state index in [9.17, 15) is 4.79 Å². The maximum atomic E-state index is 12.4. The Kier molecular flexibility index (Phi) is 5.51. The number of nitrogens with one attached hydrogen (secondary N) is 1. The molecule has 3 rings (SSSR count). The van der Waals surface area contributed by atoms with Crippen LogP contribution in [0, 0.1) is 17.2 Å². The molecule has 1 N–H and O–H groups in total. The average molecular weight is 421 g/mol. The smallest absolute Gasteiger partial charge is 0.228 e. The lowest BCUT2D eigenvalue weighted by molar-refractivity contribution is -0.120. The van der Waals surface area contributed by atoms with E-state index < -0.39 is 0 Å². The number of anilines is 2.